The Morgan fingerprint density at radius 3 is 2.42 bits per heavy atom. The van der Waals surface area contributed by atoms with Gasteiger partial charge in [-0.3, -0.25) is 4.79 Å². The third-order valence-corrected chi connectivity index (χ3v) is 1.60. The van der Waals surface area contributed by atoms with Crippen molar-refractivity contribution in [1.29, 1.82) is 0 Å². The summed E-state index contributed by atoms with van der Waals surface area (Å²) in [6.07, 6.45) is 0. The second kappa shape index (κ2) is 2.58. The number of aromatic nitrogens is 2. The summed E-state index contributed by atoms with van der Waals surface area (Å²) in [6.45, 7) is 4.65. The molecule has 12 heavy (non-hydrogen) atoms. The minimum atomic E-state index is -1.11. The first kappa shape index (κ1) is 8.70. The molecule has 5 heteroatoms. The van der Waals surface area contributed by atoms with Crippen LogP contribution >= 0.6 is 0 Å². The topological polar surface area (TPSA) is 76.2 Å². The summed E-state index contributed by atoms with van der Waals surface area (Å²) in [7, 11) is 0. The van der Waals surface area contributed by atoms with Crippen molar-refractivity contribution in [2.24, 2.45) is 0 Å². The van der Waals surface area contributed by atoms with Crippen LogP contribution in [0.5, 0.6) is 0 Å². The quantitative estimate of drug-likeness (QED) is 0.708. The predicted octanol–water partition coefficient (Wildman–Crippen LogP) is 0.740. The van der Waals surface area contributed by atoms with Crippen LogP contribution in [0.4, 0.5) is 0 Å². The van der Waals surface area contributed by atoms with E-state index in [0.717, 1.165) is 0 Å². The van der Waals surface area contributed by atoms with Gasteiger partial charge >= 0.3 is 5.97 Å². The van der Waals surface area contributed by atoms with E-state index in [-0.39, 0.29) is 5.89 Å². The van der Waals surface area contributed by atoms with E-state index in [1.807, 2.05) is 0 Å². The molecule has 0 amide bonds. The highest BCUT2D eigenvalue weighted by molar-refractivity contribution is 5.78. The van der Waals surface area contributed by atoms with E-state index in [1.165, 1.54) is 13.8 Å². The molecule has 0 aliphatic heterocycles. The highest BCUT2D eigenvalue weighted by Gasteiger charge is 2.35. The fourth-order valence-electron chi connectivity index (χ4n) is 0.641. The molecule has 0 atom stereocenters. The Kier molecular flexibility index (Phi) is 1.87. The van der Waals surface area contributed by atoms with Gasteiger partial charge in [0.25, 0.3) is 0 Å². The largest absolute Gasteiger partial charge is 0.480 e. The maximum atomic E-state index is 10.7. The highest BCUT2D eigenvalue weighted by atomic mass is 16.4. The van der Waals surface area contributed by atoms with Gasteiger partial charge in [-0.05, 0) is 13.8 Å². The molecular formula is C7H10N2O3. The van der Waals surface area contributed by atoms with Gasteiger partial charge in [0.1, 0.15) is 5.41 Å². The van der Waals surface area contributed by atoms with E-state index in [4.69, 9.17) is 9.52 Å². The van der Waals surface area contributed by atoms with Crippen LogP contribution in [-0.2, 0) is 10.2 Å². The van der Waals surface area contributed by atoms with Crippen molar-refractivity contribution in [2.45, 2.75) is 26.2 Å². The normalized spacial score (nSPS) is 11.6. The molecule has 0 fully saturated rings. The summed E-state index contributed by atoms with van der Waals surface area (Å²) in [5.74, 6) is -0.474. The van der Waals surface area contributed by atoms with Crippen LogP contribution in [0.3, 0.4) is 0 Å². The van der Waals surface area contributed by atoms with Crippen molar-refractivity contribution in [1.82, 2.24) is 10.2 Å². The lowest BCUT2D eigenvalue weighted by molar-refractivity contribution is -0.143. The molecule has 0 aromatic carbocycles. The van der Waals surface area contributed by atoms with Crippen LogP contribution in [0.15, 0.2) is 4.42 Å². The second-order valence-corrected chi connectivity index (χ2v) is 3.06. The molecule has 0 aliphatic carbocycles. The first-order valence-corrected chi connectivity index (χ1v) is 3.48. The molecule has 5 nitrogen and oxygen atoms in total. The fourth-order valence-corrected chi connectivity index (χ4v) is 0.641. The third-order valence-electron chi connectivity index (χ3n) is 1.60. The Morgan fingerprint density at radius 2 is 2.08 bits per heavy atom. The van der Waals surface area contributed by atoms with Gasteiger partial charge in [0.05, 0.1) is 0 Å². The van der Waals surface area contributed by atoms with E-state index in [1.54, 1.807) is 6.92 Å². The Labute approximate surface area is 69.4 Å². The van der Waals surface area contributed by atoms with Gasteiger partial charge in [-0.15, -0.1) is 10.2 Å². The number of aliphatic carboxylic acids is 1. The minimum absolute atomic E-state index is 0.132. The Bertz CT molecular complexity index is 303. The van der Waals surface area contributed by atoms with E-state index in [9.17, 15) is 4.79 Å². The highest BCUT2D eigenvalue weighted by Crippen LogP contribution is 2.21. The summed E-state index contributed by atoms with van der Waals surface area (Å²) in [6, 6.07) is 0. The van der Waals surface area contributed by atoms with Gasteiger partial charge < -0.3 is 9.52 Å². The van der Waals surface area contributed by atoms with Crippen LogP contribution in [0.1, 0.15) is 25.6 Å². The first-order chi connectivity index (χ1) is 5.44. The van der Waals surface area contributed by atoms with Gasteiger partial charge in [-0.2, -0.15) is 0 Å². The van der Waals surface area contributed by atoms with Gasteiger partial charge in [-0.1, -0.05) is 0 Å². The van der Waals surface area contributed by atoms with Crippen LogP contribution in [0.2, 0.25) is 0 Å². The summed E-state index contributed by atoms with van der Waals surface area (Å²) >= 11 is 0. The molecule has 0 radical (unpaired) electrons. The lowest BCUT2D eigenvalue weighted by Crippen LogP contribution is -2.28. The predicted molar refractivity (Wildman–Crippen MR) is 39.7 cm³/mol. The lowest BCUT2D eigenvalue weighted by atomic mass is 9.94. The second-order valence-electron chi connectivity index (χ2n) is 3.06. The van der Waals surface area contributed by atoms with Crippen molar-refractivity contribution in [2.75, 3.05) is 0 Å². The molecule has 1 aromatic heterocycles. The molecule has 0 aliphatic rings. The van der Waals surface area contributed by atoms with E-state index in [2.05, 4.69) is 10.2 Å². The number of hydrogen-bond acceptors (Lipinski definition) is 4. The number of nitrogens with zero attached hydrogens (tertiary/aromatic N) is 2. The molecule has 66 valence electrons. The molecule has 0 spiro atoms. The average molecular weight is 170 g/mol. The fraction of sp³-hybridized carbons (Fsp3) is 0.571. The SMILES string of the molecule is Cc1nnc(C(C)(C)C(=O)O)o1. The molecule has 1 N–H and O–H groups in total. The number of hydrogen-bond donors (Lipinski definition) is 1. The van der Waals surface area contributed by atoms with Crippen molar-refractivity contribution >= 4 is 5.97 Å². The van der Waals surface area contributed by atoms with Crippen LogP contribution in [-0.4, -0.2) is 21.3 Å². The zero-order chi connectivity index (χ0) is 9.35. The molecule has 1 heterocycles. The molecular weight excluding hydrogens is 160 g/mol. The number of carboxylic acids is 1. The maximum Gasteiger partial charge on any atom is 0.318 e. The molecule has 0 saturated carbocycles. The van der Waals surface area contributed by atoms with Gasteiger partial charge in [0.15, 0.2) is 0 Å². The maximum absolute atomic E-state index is 10.7. The van der Waals surface area contributed by atoms with Crippen molar-refractivity contribution in [3.63, 3.8) is 0 Å². The monoisotopic (exact) mass is 170 g/mol. The van der Waals surface area contributed by atoms with Crippen LogP contribution < -0.4 is 0 Å². The van der Waals surface area contributed by atoms with Crippen LogP contribution in [0.25, 0.3) is 0 Å². The standard InChI is InChI=1S/C7H10N2O3/c1-4-8-9-5(12-4)7(2,3)6(10)11/h1-3H3,(H,10,11). The van der Waals surface area contributed by atoms with E-state index in [0.29, 0.717) is 5.89 Å². The first-order valence-electron chi connectivity index (χ1n) is 3.48. The summed E-state index contributed by atoms with van der Waals surface area (Å²) in [5, 5.41) is 16.0. The third kappa shape index (κ3) is 1.30. The van der Waals surface area contributed by atoms with Gasteiger partial charge in [-0.25, -0.2) is 0 Å². The van der Waals surface area contributed by atoms with Crippen molar-refractivity contribution in [3.05, 3.63) is 11.8 Å². The smallest absolute Gasteiger partial charge is 0.318 e. The van der Waals surface area contributed by atoms with E-state index >= 15 is 0 Å². The average Bonchev–Trinajstić information content (AvgIpc) is 2.35. The molecule has 0 unspecified atom stereocenters. The number of aryl methyl sites for hydroxylation is 1. The van der Waals surface area contributed by atoms with Gasteiger partial charge in [0, 0.05) is 6.92 Å². The molecule has 1 aromatic rings. The number of carboxylic acid groups (broad SMARTS) is 1. The zero-order valence-electron chi connectivity index (χ0n) is 7.16. The van der Waals surface area contributed by atoms with E-state index < -0.39 is 11.4 Å². The Hall–Kier alpha value is -1.39. The molecule has 0 bridgehead atoms. The van der Waals surface area contributed by atoms with Crippen molar-refractivity contribution in [3.8, 4) is 0 Å². The summed E-state index contributed by atoms with van der Waals surface area (Å²) < 4.78 is 5.01. The summed E-state index contributed by atoms with van der Waals surface area (Å²) in [5.41, 5.74) is -1.11. The molecule has 0 saturated heterocycles. The van der Waals surface area contributed by atoms with Crippen LogP contribution in [0, 0.1) is 6.92 Å². The Morgan fingerprint density at radius 1 is 1.50 bits per heavy atom. The molecule has 1 rings (SSSR count). The zero-order valence-corrected chi connectivity index (χ0v) is 7.16. The summed E-state index contributed by atoms with van der Waals surface area (Å²) in [4.78, 5) is 10.7. The Balaban J connectivity index is 3.05. The van der Waals surface area contributed by atoms with Gasteiger partial charge in [0.2, 0.25) is 11.8 Å². The minimum Gasteiger partial charge on any atom is -0.480 e. The number of carbonyl (C=O) groups is 1. The number of rotatable bonds is 2. The lowest BCUT2D eigenvalue weighted by Gasteiger charge is -2.12. The van der Waals surface area contributed by atoms with Crippen molar-refractivity contribution < 1.29 is 14.3 Å².